The van der Waals surface area contributed by atoms with Crippen LogP contribution in [0, 0.1) is 6.92 Å². The van der Waals surface area contributed by atoms with Gasteiger partial charge in [0.2, 0.25) is 11.6 Å². The zero-order valence-electron chi connectivity index (χ0n) is 9.36. The molecular formula is C11H8N4O2S. The summed E-state index contributed by atoms with van der Waals surface area (Å²) in [6.45, 7) is 1.90. The van der Waals surface area contributed by atoms with Crippen molar-refractivity contribution in [3.8, 4) is 28.2 Å². The first kappa shape index (κ1) is 10.8. The van der Waals surface area contributed by atoms with E-state index in [1.165, 1.54) is 11.3 Å². The van der Waals surface area contributed by atoms with Gasteiger partial charge in [-0.3, -0.25) is 0 Å². The molecule has 6 nitrogen and oxygen atoms in total. The van der Waals surface area contributed by atoms with Gasteiger partial charge in [0.05, 0.1) is 0 Å². The molecule has 0 saturated heterocycles. The number of aromatic nitrogens is 4. The molecular weight excluding hydrogens is 252 g/mol. The second-order valence-corrected chi connectivity index (χ2v) is 4.56. The highest BCUT2D eigenvalue weighted by Gasteiger charge is 2.16. The molecule has 0 unspecified atom stereocenters. The average molecular weight is 260 g/mol. The molecule has 3 aromatic heterocycles. The summed E-state index contributed by atoms with van der Waals surface area (Å²) in [5.74, 6) is 1.09. The van der Waals surface area contributed by atoms with E-state index in [1.807, 2.05) is 6.92 Å². The summed E-state index contributed by atoms with van der Waals surface area (Å²) >= 11 is 1.33. The van der Waals surface area contributed by atoms with Crippen molar-refractivity contribution >= 4 is 11.3 Å². The van der Waals surface area contributed by atoms with E-state index in [4.69, 9.17) is 4.52 Å². The topological polar surface area (TPSA) is 84.9 Å². The smallest absolute Gasteiger partial charge is 0.272 e. The number of nitrogens with zero attached hydrogens (tertiary/aromatic N) is 4. The predicted octanol–water partition coefficient (Wildman–Crippen LogP) is 2.27. The number of aryl methyl sites for hydroxylation is 1. The highest BCUT2D eigenvalue weighted by Crippen LogP contribution is 2.33. The Morgan fingerprint density at radius 2 is 2.00 bits per heavy atom. The third-order valence-electron chi connectivity index (χ3n) is 2.25. The highest BCUT2D eigenvalue weighted by molar-refractivity contribution is 7.13. The Balaban J connectivity index is 1.99. The molecule has 1 N–H and O–H groups in total. The summed E-state index contributed by atoms with van der Waals surface area (Å²) < 4.78 is 5.08. The first-order chi connectivity index (χ1) is 8.74. The van der Waals surface area contributed by atoms with Crippen LogP contribution in [0.25, 0.3) is 22.4 Å². The maximum atomic E-state index is 9.57. The zero-order valence-corrected chi connectivity index (χ0v) is 10.2. The van der Waals surface area contributed by atoms with Gasteiger partial charge in [-0.2, -0.15) is 4.98 Å². The molecule has 18 heavy (non-hydrogen) atoms. The third kappa shape index (κ3) is 1.84. The van der Waals surface area contributed by atoms with Crippen molar-refractivity contribution in [3.63, 3.8) is 0 Å². The number of thiophene rings is 1. The maximum absolute atomic E-state index is 9.57. The van der Waals surface area contributed by atoms with E-state index in [0.29, 0.717) is 16.5 Å². The Labute approximate surface area is 106 Å². The normalized spacial score (nSPS) is 10.7. The second-order valence-electron chi connectivity index (χ2n) is 3.64. The van der Waals surface area contributed by atoms with Gasteiger partial charge in [0, 0.05) is 12.4 Å². The van der Waals surface area contributed by atoms with Crippen LogP contribution in [0.2, 0.25) is 0 Å². The van der Waals surface area contributed by atoms with Crippen molar-refractivity contribution in [1.82, 2.24) is 20.1 Å². The molecule has 3 heterocycles. The van der Waals surface area contributed by atoms with Crippen molar-refractivity contribution in [2.75, 3.05) is 0 Å². The number of rotatable bonds is 2. The fourth-order valence-corrected chi connectivity index (χ4v) is 2.08. The van der Waals surface area contributed by atoms with Crippen LogP contribution in [0.15, 0.2) is 28.4 Å². The quantitative estimate of drug-likeness (QED) is 0.760. The lowest BCUT2D eigenvalue weighted by Gasteiger charge is -1.92. The van der Waals surface area contributed by atoms with Crippen molar-refractivity contribution in [2.24, 2.45) is 0 Å². The number of aromatic hydroxyl groups is 1. The van der Waals surface area contributed by atoms with Gasteiger partial charge in [-0.1, -0.05) is 5.16 Å². The molecule has 0 aliphatic carbocycles. The van der Waals surface area contributed by atoms with Crippen molar-refractivity contribution < 1.29 is 9.63 Å². The van der Waals surface area contributed by atoms with Gasteiger partial charge < -0.3 is 9.63 Å². The first-order valence-corrected chi connectivity index (χ1v) is 6.01. The van der Waals surface area contributed by atoms with Crippen molar-refractivity contribution in [2.45, 2.75) is 6.92 Å². The Bertz CT molecular complexity index is 674. The van der Waals surface area contributed by atoms with Crippen molar-refractivity contribution in [1.29, 1.82) is 0 Å². The van der Waals surface area contributed by atoms with E-state index in [2.05, 4.69) is 20.1 Å². The summed E-state index contributed by atoms with van der Waals surface area (Å²) in [6, 6.07) is 1.58. The van der Waals surface area contributed by atoms with E-state index in [1.54, 1.807) is 23.8 Å². The Hall–Kier alpha value is -2.28. The van der Waals surface area contributed by atoms with Crippen LogP contribution in [-0.4, -0.2) is 25.2 Å². The molecule has 0 atom stereocenters. The number of hydrogen-bond donors (Lipinski definition) is 1. The molecule has 0 radical (unpaired) electrons. The molecule has 0 aromatic carbocycles. The van der Waals surface area contributed by atoms with Gasteiger partial charge in [-0.15, -0.1) is 11.3 Å². The standard InChI is InChI=1S/C11H8N4O2S/c1-6-4-12-9(13-5-6)10-14-11(17-15-10)8-7(16)2-3-18-8/h2-5,16H,1H3. The van der Waals surface area contributed by atoms with Crippen LogP contribution in [0.5, 0.6) is 5.75 Å². The fourth-order valence-electron chi connectivity index (χ4n) is 1.38. The van der Waals surface area contributed by atoms with E-state index < -0.39 is 0 Å². The summed E-state index contributed by atoms with van der Waals surface area (Å²) in [5, 5.41) is 15.1. The van der Waals surface area contributed by atoms with Crippen LogP contribution < -0.4 is 0 Å². The van der Waals surface area contributed by atoms with Crippen molar-refractivity contribution in [3.05, 3.63) is 29.4 Å². The molecule has 0 spiro atoms. The van der Waals surface area contributed by atoms with Crippen LogP contribution in [0.3, 0.4) is 0 Å². The second kappa shape index (κ2) is 4.19. The monoisotopic (exact) mass is 260 g/mol. The lowest BCUT2D eigenvalue weighted by atomic mass is 10.4. The maximum Gasteiger partial charge on any atom is 0.272 e. The Morgan fingerprint density at radius 3 is 2.67 bits per heavy atom. The number of hydrogen-bond acceptors (Lipinski definition) is 7. The molecule has 7 heteroatoms. The molecule has 0 saturated carbocycles. The minimum absolute atomic E-state index is 0.125. The summed E-state index contributed by atoms with van der Waals surface area (Å²) in [7, 11) is 0. The van der Waals surface area contributed by atoms with Crippen LogP contribution in [-0.2, 0) is 0 Å². The minimum atomic E-state index is 0.125. The average Bonchev–Trinajstić information content (AvgIpc) is 2.98. The lowest BCUT2D eigenvalue weighted by Crippen LogP contribution is -1.90. The summed E-state index contributed by atoms with van der Waals surface area (Å²) in [6.07, 6.45) is 3.36. The molecule has 3 aromatic rings. The summed E-state index contributed by atoms with van der Waals surface area (Å²) in [5.41, 5.74) is 0.957. The predicted molar refractivity (Wildman–Crippen MR) is 65.0 cm³/mol. The Kier molecular flexibility index (Phi) is 2.52. The van der Waals surface area contributed by atoms with E-state index in [0.717, 1.165) is 5.56 Å². The van der Waals surface area contributed by atoms with Crippen LogP contribution in [0.4, 0.5) is 0 Å². The highest BCUT2D eigenvalue weighted by atomic mass is 32.1. The van der Waals surface area contributed by atoms with E-state index >= 15 is 0 Å². The van der Waals surface area contributed by atoms with E-state index in [-0.39, 0.29) is 11.6 Å². The molecule has 90 valence electrons. The zero-order chi connectivity index (χ0) is 12.5. The molecule has 0 fully saturated rings. The lowest BCUT2D eigenvalue weighted by molar-refractivity contribution is 0.427. The van der Waals surface area contributed by atoms with Gasteiger partial charge in [0.15, 0.2) is 0 Å². The van der Waals surface area contributed by atoms with Gasteiger partial charge >= 0.3 is 0 Å². The van der Waals surface area contributed by atoms with Gasteiger partial charge in [0.1, 0.15) is 10.6 Å². The Morgan fingerprint density at radius 1 is 1.22 bits per heavy atom. The van der Waals surface area contributed by atoms with Gasteiger partial charge in [-0.25, -0.2) is 9.97 Å². The molecule has 0 bridgehead atoms. The SMILES string of the molecule is Cc1cnc(-c2noc(-c3sccc3O)n2)nc1. The summed E-state index contributed by atoms with van der Waals surface area (Å²) in [4.78, 5) is 12.9. The fraction of sp³-hybridized carbons (Fsp3) is 0.0909. The third-order valence-corrected chi connectivity index (χ3v) is 3.14. The molecule has 3 rings (SSSR count). The molecule has 0 aliphatic heterocycles. The molecule has 0 amide bonds. The van der Waals surface area contributed by atoms with Crippen LogP contribution in [0.1, 0.15) is 5.56 Å². The van der Waals surface area contributed by atoms with E-state index in [9.17, 15) is 5.11 Å². The first-order valence-electron chi connectivity index (χ1n) is 5.13. The van der Waals surface area contributed by atoms with Gasteiger partial charge in [-0.05, 0) is 23.9 Å². The largest absolute Gasteiger partial charge is 0.506 e. The van der Waals surface area contributed by atoms with Gasteiger partial charge in [0.25, 0.3) is 5.89 Å². The van der Waals surface area contributed by atoms with Crippen LogP contribution >= 0.6 is 11.3 Å². The molecule has 0 aliphatic rings. The minimum Gasteiger partial charge on any atom is -0.506 e.